The van der Waals surface area contributed by atoms with Crippen LogP contribution in [-0.4, -0.2) is 31.1 Å². The van der Waals surface area contributed by atoms with Gasteiger partial charge < -0.3 is 15.4 Å². The molecule has 2 rings (SSSR count). The average molecular weight is 326 g/mol. The largest absolute Gasteiger partial charge is 0.492 e. The lowest BCUT2D eigenvalue weighted by atomic mass is 10.3. The maximum absolute atomic E-state index is 11.0. The van der Waals surface area contributed by atoms with E-state index in [0.717, 1.165) is 18.1 Å². The van der Waals surface area contributed by atoms with Crippen molar-refractivity contribution in [1.29, 1.82) is 0 Å². The van der Waals surface area contributed by atoms with E-state index in [1.807, 2.05) is 30.1 Å². The highest BCUT2D eigenvalue weighted by atomic mass is 35.5. The minimum absolute atomic E-state index is 0.300. The molecular formula is C14H16ClN3O2S. The van der Waals surface area contributed by atoms with Crippen LogP contribution in [0.3, 0.4) is 0 Å². The van der Waals surface area contributed by atoms with Gasteiger partial charge in [-0.1, -0.05) is 23.7 Å². The van der Waals surface area contributed by atoms with Crippen LogP contribution in [0.5, 0.6) is 5.75 Å². The fraction of sp³-hybridized carbons (Fsp3) is 0.286. The molecule has 0 radical (unpaired) electrons. The Labute approximate surface area is 132 Å². The molecule has 0 aliphatic rings. The number of rotatable bonds is 7. The number of amides is 1. The van der Waals surface area contributed by atoms with Crippen LogP contribution in [0.2, 0.25) is 5.02 Å². The van der Waals surface area contributed by atoms with Crippen molar-refractivity contribution in [3.63, 3.8) is 0 Å². The topological polar surface area (TPSA) is 68.4 Å². The zero-order valence-electron chi connectivity index (χ0n) is 11.6. The molecule has 0 unspecified atom stereocenters. The lowest BCUT2D eigenvalue weighted by Gasteiger charge is -2.15. The van der Waals surface area contributed by atoms with Crippen LogP contribution < -0.4 is 15.4 Å². The van der Waals surface area contributed by atoms with Gasteiger partial charge in [-0.15, -0.1) is 11.3 Å². The Bertz CT molecular complexity index is 618. The predicted molar refractivity (Wildman–Crippen MR) is 85.5 cm³/mol. The third kappa shape index (κ3) is 4.34. The second kappa shape index (κ2) is 7.28. The molecule has 0 saturated carbocycles. The Morgan fingerprint density at radius 1 is 1.48 bits per heavy atom. The van der Waals surface area contributed by atoms with Gasteiger partial charge in [0.15, 0.2) is 5.13 Å². The third-order valence-electron chi connectivity index (χ3n) is 2.80. The van der Waals surface area contributed by atoms with E-state index in [1.54, 1.807) is 11.4 Å². The Morgan fingerprint density at radius 2 is 2.24 bits per heavy atom. The monoisotopic (exact) mass is 325 g/mol. The number of nitrogens with zero attached hydrogens (tertiary/aromatic N) is 2. The summed E-state index contributed by atoms with van der Waals surface area (Å²) in [5.41, 5.74) is 5.48. The van der Waals surface area contributed by atoms with Crippen LogP contribution in [0.25, 0.3) is 0 Å². The fourth-order valence-corrected chi connectivity index (χ4v) is 2.69. The molecule has 0 atom stereocenters. The first-order chi connectivity index (χ1) is 10.1. The predicted octanol–water partition coefficient (Wildman–Crippen LogP) is 2.80. The van der Waals surface area contributed by atoms with Crippen molar-refractivity contribution < 1.29 is 9.53 Å². The summed E-state index contributed by atoms with van der Waals surface area (Å²) in [7, 11) is 1.92. The number of aromatic nitrogens is 1. The molecule has 21 heavy (non-hydrogen) atoms. The van der Waals surface area contributed by atoms with Crippen molar-refractivity contribution in [1.82, 2.24) is 4.98 Å². The fourth-order valence-electron chi connectivity index (χ4n) is 1.69. The standard InChI is InChI=1S/C14H16ClN3O2S/c1-18(14-17-11(9-21-14)13(16)19)7-4-8-20-12-6-3-2-5-10(12)15/h2-3,5-6,9H,4,7-8H2,1H3,(H2,16,19). The molecule has 5 nitrogen and oxygen atoms in total. The van der Waals surface area contributed by atoms with Crippen LogP contribution >= 0.6 is 22.9 Å². The first-order valence-corrected chi connectivity index (χ1v) is 7.67. The number of benzene rings is 1. The van der Waals surface area contributed by atoms with E-state index >= 15 is 0 Å². The van der Waals surface area contributed by atoms with Crippen LogP contribution in [0.4, 0.5) is 5.13 Å². The molecule has 112 valence electrons. The number of hydrogen-bond donors (Lipinski definition) is 1. The summed E-state index contributed by atoms with van der Waals surface area (Å²) < 4.78 is 5.62. The number of anilines is 1. The molecule has 1 amide bonds. The molecule has 7 heteroatoms. The molecule has 0 saturated heterocycles. The molecule has 1 heterocycles. The number of carbonyl (C=O) groups is 1. The normalized spacial score (nSPS) is 10.4. The van der Waals surface area contributed by atoms with Gasteiger partial charge in [-0.2, -0.15) is 0 Å². The Morgan fingerprint density at radius 3 is 2.90 bits per heavy atom. The van der Waals surface area contributed by atoms with Crippen LogP contribution in [0.15, 0.2) is 29.6 Å². The Kier molecular flexibility index (Phi) is 5.41. The zero-order chi connectivity index (χ0) is 15.2. The molecule has 1 aromatic carbocycles. The van der Waals surface area contributed by atoms with Gasteiger partial charge in [0, 0.05) is 19.0 Å². The van der Waals surface area contributed by atoms with E-state index in [4.69, 9.17) is 22.1 Å². The van der Waals surface area contributed by atoms with Gasteiger partial charge in [0.2, 0.25) is 0 Å². The van der Waals surface area contributed by atoms with Gasteiger partial charge in [-0.3, -0.25) is 4.79 Å². The Hall–Kier alpha value is -1.79. The second-order valence-electron chi connectivity index (χ2n) is 4.43. The summed E-state index contributed by atoms with van der Waals surface area (Å²) >= 11 is 7.40. The minimum atomic E-state index is -0.507. The average Bonchev–Trinajstić information content (AvgIpc) is 2.95. The van der Waals surface area contributed by atoms with E-state index in [-0.39, 0.29) is 0 Å². The number of halogens is 1. The minimum Gasteiger partial charge on any atom is -0.492 e. The van der Waals surface area contributed by atoms with Crippen molar-refractivity contribution >= 4 is 34.0 Å². The van der Waals surface area contributed by atoms with Gasteiger partial charge in [-0.25, -0.2) is 4.98 Å². The summed E-state index contributed by atoms with van der Waals surface area (Å²) in [5.74, 6) is 0.181. The molecule has 0 aliphatic heterocycles. The molecule has 0 fully saturated rings. The van der Waals surface area contributed by atoms with E-state index in [9.17, 15) is 4.79 Å². The quantitative estimate of drug-likeness (QED) is 0.795. The molecule has 2 aromatic rings. The van der Waals surface area contributed by atoms with Crippen molar-refractivity contribution in [2.75, 3.05) is 25.1 Å². The number of thiazole rings is 1. The van der Waals surface area contributed by atoms with E-state index in [1.165, 1.54) is 11.3 Å². The van der Waals surface area contributed by atoms with Gasteiger partial charge in [0.1, 0.15) is 11.4 Å². The number of primary amides is 1. The molecule has 0 spiro atoms. The number of carbonyl (C=O) groups excluding carboxylic acids is 1. The number of ether oxygens (including phenoxy) is 1. The SMILES string of the molecule is CN(CCCOc1ccccc1Cl)c1nc(C(N)=O)cs1. The van der Waals surface area contributed by atoms with Crippen molar-refractivity contribution in [2.45, 2.75) is 6.42 Å². The van der Waals surface area contributed by atoms with E-state index in [2.05, 4.69) is 4.98 Å². The summed E-state index contributed by atoms with van der Waals surface area (Å²) in [6.07, 6.45) is 0.813. The first kappa shape index (κ1) is 15.6. The van der Waals surface area contributed by atoms with Gasteiger partial charge >= 0.3 is 0 Å². The molecule has 0 bridgehead atoms. The molecule has 1 aromatic heterocycles. The third-order valence-corrected chi connectivity index (χ3v) is 4.07. The van der Waals surface area contributed by atoms with Gasteiger partial charge in [0.25, 0.3) is 5.91 Å². The zero-order valence-corrected chi connectivity index (χ0v) is 13.2. The van der Waals surface area contributed by atoms with Crippen molar-refractivity contribution in [2.24, 2.45) is 5.73 Å². The van der Waals surface area contributed by atoms with E-state index < -0.39 is 5.91 Å². The van der Waals surface area contributed by atoms with E-state index in [0.29, 0.717) is 23.1 Å². The lowest BCUT2D eigenvalue weighted by Crippen LogP contribution is -2.20. The smallest absolute Gasteiger partial charge is 0.268 e. The maximum atomic E-state index is 11.0. The van der Waals surface area contributed by atoms with Crippen LogP contribution in [-0.2, 0) is 0 Å². The summed E-state index contributed by atoms with van der Waals surface area (Å²) in [5, 5.41) is 3.03. The lowest BCUT2D eigenvalue weighted by molar-refractivity contribution is 0.0996. The van der Waals surface area contributed by atoms with Crippen LogP contribution in [0.1, 0.15) is 16.9 Å². The van der Waals surface area contributed by atoms with Crippen molar-refractivity contribution in [3.05, 3.63) is 40.4 Å². The second-order valence-corrected chi connectivity index (χ2v) is 5.68. The summed E-state index contributed by atoms with van der Waals surface area (Å²) in [6, 6.07) is 7.38. The molecular weight excluding hydrogens is 310 g/mol. The van der Waals surface area contributed by atoms with Crippen LogP contribution in [0, 0.1) is 0 Å². The number of para-hydroxylation sites is 1. The Balaban J connectivity index is 1.77. The molecule has 0 aliphatic carbocycles. The highest BCUT2D eigenvalue weighted by Gasteiger charge is 2.10. The number of nitrogens with two attached hydrogens (primary N) is 1. The van der Waals surface area contributed by atoms with Crippen molar-refractivity contribution in [3.8, 4) is 5.75 Å². The maximum Gasteiger partial charge on any atom is 0.268 e. The van der Waals surface area contributed by atoms with Gasteiger partial charge in [-0.05, 0) is 18.6 Å². The summed E-state index contributed by atoms with van der Waals surface area (Å²) in [6.45, 7) is 1.32. The van der Waals surface area contributed by atoms with Gasteiger partial charge in [0.05, 0.1) is 11.6 Å². The molecule has 2 N–H and O–H groups in total. The summed E-state index contributed by atoms with van der Waals surface area (Å²) in [4.78, 5) is 17.1. The number of hydrogen-bond acceptors (Lipinski definition) is 5. The highest BCUT2D eigenvalue weighted by Crippen LogP contribution is 2.23. The highest BCUT2D eigenvalue weighted by molar-refractivity contribution is 7.13. The first-order valence-electron chi connectivity index (χ1n) is 6.41.